The summed E-state index contributed by atoms with van der Waals surface area (Å²) in [5.41, 5.74) is 2.42. The molecule has 1 aliphatic carbocycles. The van der Waals surface area contributed by atoms with Gasteiger partial charge in [0.1, 0.15) is 11.5 Å². The first kappa shape index (κ1) is 17.3. The minimum absolute atomic E-state index is 0.0321. The molecule has 0 spiro atoms. The molecule has 1 aromatic carbocycles. The maximum absolute atomic E-state index is 12.5. The highest BCUT2D eigenvalue weighted by Crippen LogP contribution is 2.30. The summed E-state index contributed by atoms with van der Waals surface area (Å²) >= 11 is 0. The lowest BCUT2D eigenvalue weighted by atomic mass is 10.1. The number of amides is 1. The van der Waals surface area contributed by atoms with Crippen molar-refractivity contribution in [1.82, 2.24) is 15.1 Å². The molecule has 0 saturated heterocycles. The molecule has 1 heterocycles. The Bertz CT molecular complexity index is 765. The lowest BCUT2D eigenvalue weighted by Crippen LogP contribution is -2.36. The van der Waals surface area contributed by atoms with Crippen LogP contribution in [0.5, 0.6) is 11.5 Å². The SMILES string of the molecule is Cc1cc(C)n(CC(C)NC(=O)c2cc(O)cc(OCC3CC3)c2)n1. The number of benzene rings is 1. The summed E-state index contributed by atoms with van der Waals surface area (Å²) in [5, 5.41) is 17.2. The van der Waals surface area contributed by atoms with Crippen molar-refractivity contribution in [2.24, 2.45) is 5.92 Å². The average molecular weight is 343 g/mol. The molecule has 3 rings (SSSR count). The molecular weight excluding hydrogens is 318 g/mol. The van der Waals surface area contributed by atoms with E-state index in [4.69, 9.17) is 4.74 Å². The van der Waals surface area contributed by atoms with Crippen LogP contribution in [0.2, 0.25) is 0 Å². The summed E-state index contributed by atoms with van der Waals surface area (Å²) in [4.78, 5) is 12.5. The van der Waals surface area contributed by atoms with Crippen LogP contribution in [0.3, 0.4) is 0 Å². The van der Waals surface area contributed by atoms with Crippen LogP contribution in [-0.2, 0) is 6.54 Å². The smallest absolute Gasteiger partial charge is 0.251 e. The van der Waals surface area contributed by atoms with E-state index < -0.39 is 0 Å². The van der Waals surface area contributed by atoms with Gasteiger partial charge in [-0.15, -0.1) is 0 Å². The fourth-order valence-electron chi connectivity index (χ4n) is 2.77. The molecule has 1 aromatic heterocycles. The number of hydrogen-bond acceptors (Lipinski definition) is 4. The molecule has 1 aliphatic rings. The summed E-state index contributed by atoms with van der Waals surface area (Å²) in [5.74, 6) is 0.939. The van der Waals surface area contributed by atoms with Crippen LogP contribution >= 0.6 is 0 Å². The average Bonchev–Trinajstić information content (AvgIpc) is 3.30. The maximum atomic E-state index is 12.5. The van der Waals surface area contributed by atoms with Crippen LogP contribution in [0, 0.1) is 19.8 Å². The minimum Gasteiger partial charge on any atom is -0.508 e. The number of rotatable bonds is 7. The Labute approximate surface area is 147 Å². The van der Waals surface area contributed by atoms with Gasteiger partial charge >= 0.3 is 0 Å². The van der Waals surface area contributed by atoms with E-state index >= 15 is 0 Å². The Kier molecular flexibility index (Phi) is 4.97. The maximum Gasteiger partial charge on any atom is 0.251 e. The second-order valence-corrected chi connectivity index (χ2v) is 6.95. The van der Waals surface area contributed by atoms with Gasteiger partial charge in [-0.25, -0.2) is 0 Å². The van der Waals surface area contributed by atoms with Crippen molar-refractivity contribution in [2.45, 2.75) is 46.2 Å². The summed E-state index contributed by atoms with van der Waals surface area (Å²) < 4.78 is 7.55. The Morgan fingerprint density at radius 1 is 1.36 bits per heavy atom. The Morgan fingerprint density at radius 2 is 2.12 bits per heavy atom. The molecule has 1 amide bonds. The third-order valence-corrected chi connectivity index (χ3v) is 4.26. The number of carbonyl (C=O) groups excluding carboxylic acids is 1. The van der Waals surface area contributed by atoms with Gasteiger partial charge in [-0.05, 0) is 57.7 Å². The van der Waals surface area contributed by atoms with E-state index in [1.54, 1.807) is 12.1 Å². The quantitative estimate of drug-likeness (QED) is 0.810. The van der Waals surface area contributed by atoms with Crippen molar-refractivity contribution in [3.05, 3.63) is 41.2 Å². The molecule has 25 heavy (non-hydrogen) atoms. The monoisotopic (exact) mass is 343 g/mol. The molecule has 2 N–H and O–H groups in total. The molecule has 6 nitrogen and oxygen atoms in total. The van der Waals surface area contributed by atoms with E-state index in [1.165, 1.54) is 18.9 Å². The lowest BCUT2D eigenvalue weighted by Gasteiger charge is -2.16. The van der Waals surface area contributed by atoms with Crippen molar-refractivity contribution in [1.29, 1.82) is 0 Å². The molecule has 2 aromatic rings. The summed E-state index contributed by atoms with van der Waals surface area (Å²) in [6.45, 7) is 7.10. The second kappa shape index (κ2) is 7.17. The zero-order valence-electron chi connectivity index (χ0n) is 15.0. The predicted octanol–water partition coefficient (Wildman–Crippen LogP) is 2.81. The first-order valence-electron chi connectivity index (χ1n) is 8.69. The highest BCUT2D eigenvalue weighted by Gasteiger charge is 2.22. The van der Waals surface area contributed by atoms with Gasteiger partial charge in [0.15, 0.2) is 0 Å². The van der Waals surface area contributed by atoms with Gasteiger partial charge in [-0.2, -0.15) is 5.10 Å². The van der Waals surface area contributed by atoms with Crippen molar-refractivity contribution in [3.8, 4) is 11.5 Å². The summed E-state index contributed by atoms with van der Waals surface area (Å²) in [7, 11) is 0. The molecule has 134 valence electrons. The van der Waals surface area contributed by atoms with Gasteiger partial charge < -0.3 is 15.2 Å². The Balaban J connectivity index is 1.62. The normalized spacial score (nSPS) is 15.0. The number of ether oxygens (including phenoxy) is 1. The van der Waals surface area contributed by atoms with Crippen LogP contribution in [0.1, 0.15) is 41.5 Å². The molecule has 1 atom stereocenters. The Morgan fingerprint density at radius 3 is 2.76 bits per heavy atom. The number of nitrogens with one attached hydrogen (secondary N) is 1. The first-order valence-corrected chi connectivity index (χ1v) is 8.69. The molecule has 6 heteroatoms. The molecule has 0 bridgehead atoms. The van der Waals surface area contributed by atoms with E-state index in [1.807, 2.05) is 31.5 Å². The second-order valence-electron chi connectivity index (χ2n) is 6.95. The molecule has 0 radical (unpaired) electrons. The first-order chi connectivity index (χ1) is 11.9. The number of aromatic hydroxyl groups is 1. The van der Waals surface area contributed by atoms with E-state index in [0.29, 0.717) is 30.4 Å². The van der Waals surface area contributed by atoms with E-state index in [0.717, 1.165) is 11.4 Å². The third-order valence-electron chi connectivity index (χ3n) is 4.26. The van der Waals surface area contributed by atoms with E-state index in [-0.39, 0.29) is 17.7 Å². The lowest BCUT2D eigenvalue weighted by molar-refractivity contribution is 0.0935. The zero-order valence-corrected chi connectivity index (χ0v) is 15.0. The van der Waals surface area contributed by atoms with Crippen LogP contribution in [0.15, 0.2) is 24.3 Å². The van der Waals surface area contributed by atoms with E-state index in [9.17, 15) is 9.90 Å². The van der Waals surface area contributed by atoms with Crippen molar-refractivity contribution in [2.75, 3.05) is 6.61 Å². The molecular formula is C19H25N3O3. The highest BCUT2D eigenvalue weighted by molar-refractivity contribution is 5.95. The van der Waals surface area contributed by atoms with Crippen molar-refractivity contribution >= 4 is 5.91 Å². The number of carbonyl (C=O) groups is 1. The number of hydrogen-bond donors (Lipinski definition) is 2. The largest absolute Gasteiger partial charge is 0.508 e. The number of phenolic OH excluding ortho intramolecular Hbond substituents is 1. The van der Waals surface area contributed by atoms with Gasteiger partial charge in [0, 0.05) is 23.4 Å². The number of nitrogens with zero attached hydrogens (tertiary/aromatic N) is 2. The molecule has 1 saturated carbocycles. The van der Waals surface area contributed by atoms with Crippen LogP contribution in [-0.4, -0.2) is 33.4 Å². The minimum atomic E-state index is -0.235. The standard InChI is InChI=1S/C19H25N3O3/c1-12-6-14(3)22(21-12)10-13(2)20-19(24)16-7-17(23)9-18(8-16)25-11-15-4-5-15/h6-9,13,15,23H,4-5,10-11H2,1-3H3,(H,20,24). The van der Waals surface area contributed by atoms with Crippen LogP contribution in [0.4, 0.5) is 0 Å². The summed E-state index contributed by atoms with van der Waals surface area (Å²) in [6.07, 6.45) is 2.38. The van der Waals surface area contributed by atoms with Crippen LogP contribution < -0.4 is 10.1 Å². The van der Waals surface area contributed by atoms with Gasteiger partial charge in [0.2, 0.25) is 0 Å². The molecule has 1 unspecified atom stereocenters. The van der Waals surface area contributed by atoms with Gasteiger partial charge in [0.25, 0.3) is 5.91 Å². The predicted molar refractivity (Wildman–Crippen MR) is 95.0 cm³/mol. The van der Waals surface area contributed by atoms with Crippen LogP contribution in [0.25, 0.3) is 0 Å². The van der Waals surface area contributed by atoms with E-state index in [2.05, 4.69) is 10.4 Å². The van der Waals surface area contributed by atoms with Crippen molar-refractivity contribution in [3.63, 3.8) is 0 Å². The fourth-order valence-corrected chi connectivity index (χ4v) is 2.77. The molecule has 1 fully saturated rings. The Hall–Kier alpha value is -2.50. The fraction of sp³-hybridized carbons (Fsp3) is 0.474. The van der Waals surface area contributed by atoms with Gasteiger partial charge in [-0.1, -0.05) is 0 Å². The van der Waals surface area contributed by atoms with Gasteiger partial charge in [0.05, 0.1) is 18.8 Å². The number of aromatic nitrogens is 2. The van der Waals surface area contributed by atoms with Crippen molar-refractivity contribution < 1.29 is 14.6 Å². The topological polar surface area (TPSA) is 76.4 Å². The highest BCUT2D eigenvalue weighted by atomic mass is 16.5. The zero-order chi connectivity index (χ0) is 18.0. The number of aryl methyl sites for hydroxylation is 2. The molecule has 0 aliphatic heterocycles. The third kappa shape index (κ3) is 4.75. The van der Waals surface area contributed by atoms with Gasteiger partial charge in [-0.3, -0.25) is 9.48 Å². The summed E-state index contributed by atoms with van der Waals surface area (Å²) in [6, 6.07) is 6.58. The number of phenols is 1.